The van der Waals surface area contributed by atoms with Gasteiger partial charge in [0, 0.05) is 22.7 Å². The molecule has 0 aliphatic carbocycles. The Hall–Kier alpha value is -2.12. The van der Waals surface area contributed by atoms with Crippen LogP contribution < -0.4 is 4.90 Å². The van der Waals surface area contributed by atoms with E-state index in [1.807, 2.05) is 6.07 Å². The summed E-state index contributed by atoms with van der Waals surface area (Å²) in [7, 11) is 0. The first-order valence-corrected chi connectivity index (χ1v) is 9.53. The van der Waals surface area contributed by atoms with Gasteiger partial charge in [0.2, 0.25) is 0 Å². The quantitative estimate of drug-likeness (QED) is 0.678. The zero-order valence-corrected chi connectivity index (χ0v) is 15.9. The minimum atomic E-state index is -0.328. The fourth-order valence-electron chi connectivity index (χ4n) is 3.06. The third kappa shape index (κ3) is 3.17. The molecule has 1 aliphatic rings. The van der Waals surface area contributed by atoms with Gasteiger partial charge in [-0.15, -0.1) is 11.3 Å². The number of hydrogen-bond acceptors (Lipinski definition) is 6. The van der Waals surface area contributed by atoms with Gasteiger partial charge in [0.15, 0.2) is 0 Å². The van der Waals surface area contributed by atoms with Gasteiger partial charge in [-0.3, -0.25) is 0 Å². The molecule has 0 amide bonds. The summed E-state index contributed by atoms with van der Waals surface area (Å²) in [4.78, 5) is 15.4. The van der Waals surface area contributed by atoms with Crippen LogP contribution in [0, 0.1) is 5.82 Å². The van der Waals surface area contributed by atoms with Crippen LogP contribution in [0.4, 0.5) is 10.2 Å². The Morgan fingerprint density at radius 1 is 1.27 bits per heavy atom. The normalized spacial score (nSPS) is 18.5. The Bertz CT molecular complexity index is 937. The number of halogens is 1. The van der Waals surface area contributed by atoms with Crippen LogP contribution in [0.3, 0.4) is 0 Å². The van der Waals surface area contributed by atoms with Crippen molar-refractivity contribution in [1.29, 1.82) is 0 Å². The first kappa shape index (κ1) is 17.3. The molecule has 0 saturated carbocycles. The third-order valence-corrected chi connectivity index (χ3v) is 5.46. The SMILES string of the molecule is CC(C)(C)c1csc(C2CN(c3ncnc4c(F)cccc34)CCO2)n1. The van der Waals surface area contributed by atoms with E-state index in [1.165, 1.54) is 12.4 Å². The summed E-state index contributed by atoms with van der Waals surface area (Å²) >= 11 is 1.63. The minimum absolute atomic E-state index is 0.0173. The van der Waals surface area contributed by atoms with E-state index in [2.05, 4.69) is 41.0 Å². The number of nitrogens with zero attached hydrogens (tertiary/aromatic N) is 4. The molecule has 136 valence electrons. The number of benzene rings is 1. The zero-order valence-electron chi connectivity index (χ0n) is 15.1. The van der Waals surface area contributed by atoms with Crippen LogP contribution in [0.2, 0.25) is 0 Å². The van der Waals surface area contributed by atoms with Crippen molar-refractivity contribution in [3.63, 3.8) is 0 Å². The third-order valence-electron chi connectivity index (χ3n) is 4.53. The summed E-state index contributed by atoms with van der Waals surface area (Å²) in [6.45, 7) is 8.39. The number of para-hydroxylation sites is 1. The molecule has 1 atom stereocenters. The van der Waals surface area contributed by atoms with Crippen LogP contribution in [0.25, 0.3) is 10.9 Å². The average molecular weight is 372 g/mol. The molecule has 26 heavy (non-hydrogen) atoms. The molecular weight excluding hydrogens is 351 g/mol. The smallest absolute Gasteiger partial charge is 0.149 e. The van der Waals surface area contributed by atoms with E-state index in [1.54, 1.807) is 17.4 Å². The molecule has 0 bridgehead atoms. The molecule has 4 rings (SSSR count). The fraction of sp³-hybridized carbons (Fsp3) is 0.421. The second kappa shape index (κ2) is 6.55. The van der Waals surface area contributed by atoms with Gasteiger partial charge in [0.25, 0.3) is 0 Å². The van der Waals surface area contributed by atoms with Gasteiger partial charge in [-0.1, -0.05) is 26.8 Å². The van der Waals surface area contributed by atoms with E-state index >= 15 is 0 Å². The number of hydrogen-bond donors (Lipinski definition) is 0. The first-order chi connectivity index (χ1) is 12.4. The summed E-state index contributed by atoms with van der Waals surface area (Å²) < 4.78 is 20.0. The molecule has 0 spiro atoms. The summed E-state index contributed by atoms with van der Waals surface area (Å²) in [5.41, 5.74) is 1.45. The molecule has 1 fully saturated rings. The Morgan fingerprint density at radius 3 is 2.88 bits per heavy atom. The van der Waals surface area contributed by atoms with E-state index in [0.717, 1.165) is 21.9 Å². The Morgan fingerprint density at radius 2 is 2.12 bits per heavy atom. The second-order valence-electron chi connectivity index (χ2n) is 7.46. The maximum atomic E-state index is 14.0. The maximum Gasteiger partial charge on any atom is 0.149 e. The van der Waals surface area contributed by atoms with E-state index < -0.39 is 0 Å². The van der Waals surface area contributed by atoms with Crippen molar-refractivity contribution >= 4 is 28.1 Å². The number of rotatable bonds is 2. The highest BCUT2D eigenvalue weighted by Gasteiger charge is 2.28. The van der Waals surface area contributed by atoms with Crippen molar-refractivity contribution in [2.45, 2.75) is 32.3 Å². The van der Waals surface area contributed by atoms with Crippen molar-refractivity contribution in [2.75, 3.05) is 24.6 Å². The number of aromatic nitrogens is 3. The lowest BCUT2D eigenvalue weighted by molar-refractivity contribution is 0.0393. The highest BCUT2D eigenvalue weighted by Crippen LogP contribution is 2.33. The molecule has 0 radical (unpaired) electrons. The highest BCUT2D eigenvalue weighted by molar-refractivity contribution is 7.09. The van der Waals surface area contributed by atoms with E-state index in [4.69, 9.17) is 9.72 Å². The molecule has 3 heterocycles. The molecule has 7 heteroatoms. The summed E-state index contributed by atoms with van der Waals surface area (Å²) in [5.74, 6) is 0.418. The van der Waals surface area contributed by atoms with Crippen molar-refractivity contribution in [3.8, 4) is 0 Å². The monoisotopic (exact) mass is 372 g/mol. The van der Waals surface area contributed by atoms with E-state index in [9.17, 15) is 4.39 Å². The molecule has 1 unspecified atom stereocenters. The van der Waals surface area contributed by atoms with Gasteiger partial charge in [-0.2, -0.15) is 0 Å². The molecule has 1 aromatic carbocycles. The zero-order chi connectivity index (χ0) is 18.3. The van der Waals surface area contributed by atoms with Crippen LogP contribution in [0.15, 0.2) is 29.9 Å². The van der Waals surface area contributed by atoms with Crippen LogP contribution in [-0.2, 0) is 10.2 Å². The van der Waals surface area contributed by atoms with Crippen molar-refractivity contribution in [2.24, 2.45) is 0 Å². The van der Waals surface area contributed by atoms with E-state index in [-0.39, 0.29) is 17.3 Å². The highest BCUT2D eigenvalue weighted by atomic mass is 32.1. The lowest BCUT2D eigenvalue weighted by Gasteiger charge is -2.33. The predicted molar refractivity (Wildman–Crippen MR) is 101 cm³/mol. The van der Waals surface area contributed by atoms with Crippen LogP contribution >= 0.6 is 11.3 Å². The Balaban J connectivity index is 1.64. The first-order valence-electron chi connectivity index (χ1n) is 8.65. The maximum absolute atomic E-state index is 14.0. The van der Waals surface area contributed by atoms with Gasteiger partial charge >= 0.3 is 0 Å². The number of thiazole rings is 1. The molecular formula is C19H21FN4OS. The van der Waals surface area contributed by atoms with Crippen LogP contribution in [0.1, 0.15) is 37.6 Å². The number of anilines is 1. The van der Waals surface area contributed by atoms with Gasteiger partial charge in [-0.25, -0.2) is 19.3 Å². The number of fused-ring (bicyclic) bond motifs is 1. The van der Waals surface area contributed by atoms with Crippen LogP contribution in [-0.4, -0.2) is 34.6 Å². The predicted octanol–water partition coefficient (Wildman–Crippen LogP) is 4.10. The number of morpholine rings is 1. The van der Waals surface area contributed by atoms with Gasteiger partial charge in [-0.05, 0) is 12.1 Å². The Labute approximate surface area is 155 Å². The van der Waals surface area contributed by atoms with E-state index in [0.29, 0.717) is 25.2 Å². The molecule has 5 nitrogen and oxygen atoms in total. The Kier molecular flexibility index (Phi) is 4.36. The fourth-order valence-corrected chi connectivity index (χ4v) is 4.14. The summed E-state index contributed by atoms with van der Waals surface area (Å²) in [6, 6.07) is 4.98. The summed E-state index contributed by atoms with van der Waals surface area (Å²) in [6.07, 6.45) is 1.31. The lowest BCUT2D eigenvalue weighted by Crippen LogP contribution is -2.39. The van der Waals surface area contributed by atoms with Gasteiger partial charge in [0.05, 0.1) is 18.8 Å². The van der Waals surface area contributed by atoms with Crippen molar-refractivity contribution in [1.82, 2.24) is 15.0 Å². The molecule has 3 aromatic rings. The summed E-state index contributed by atoms with van der Waals surface area (Å²) in [5, 5.41) is 3.81. The van der Waals surface area contributed by atoms with Gasteiger partial charge < -0.3 is 9.64 Å². The molecule has 1 aliphatic heterocycles. The molecule has 2 aromatic heterocycles. The van der Waals surface area contributed by atoms with Crippen molar-refractivity contribution < 1.29 is 9.13 Å². The minimum Gasteiger partial charge on any atom is -0.367 e. The largest absolute Gasteiger partial charge is 0.367 e. The number of ether oxygens (including phenoxy) is 1. The topological polar surface area (TPSA) is 51.1 Å². The second-order valence-corrected chi connectivity index (χ2v) is 8.35. The van der Waals surface area contributed by atoms with Gasteiger partial charge in [0.1, 0.15) is 34.6 Å². The molecule has 0 N–H and O–H groups in total. The van der Waals surface area contributed by atoms with Crippen molar-refractivity contribution in [3.05, 3.63) is 46.4 Å². The average Bonchev–Trinajstić information content (AvgIpc) is 3.12. The molecule has 1 saturated heterocycles. The lowest BCUT2D eigenvalue weighted by atomic mass is 9.93. The standard InChI is InChI=1S/C19H21FN4OS/c1-19(2,3)15-10-26-18(23-15)14-9-24(7-8-25-14)17-12-5-4-6-13(20)16(12)21-11-22-17/h4-6,10-11,14H,7-9H2,1-3H3. The van der Waals surface area contributed by atoms with Crippen LogP contribution in [0.5, 0.6) is 0 Å².